The summed E-state index contributed by atoms with van der Waals surface area (Å²) >= 11 is 13.3. The molecule has 0 unspecified atom stereocenters. The standard InChI is InChI=1S/C29H30Cl2N4O7S/c1-29(2,3)42-28(37)33-18-9-7-16(8-10-18)11-12-35-25-17(15-32-27(34-25)43(6,38)39)13-19(26(35)36)22-23(30)20(40-4)14-21(41-5)24(22)31/h7-10,13-15H,11-12H2,1-6H3,(H,33,37). The number of hydrogen-bond acceptors (Lipinski definition) is 9. The SMILES string of the molecule is COc1cc(OC)c(Cl)c(-c2cc3cnc(S(C)(=O)=O)nc3n(CCc3ccc(NC(=O)OC(C)(C)C)cc3)c2=O)c1Cl. The van der Waals surface area contributed by atoms with E-state index in [0.29, 0.717) is 17.5 Å². The topological polar surface area (TPSA) is 139 Å². The fourth-order valence-electron chi connectivity index (χ4n) is 4.25. The van der Waals surface area contributed by atoms with Crippen molar-refractivity contribution in [1.82, 2.24) is 14.5 Å². The molecule has 4 aromatic rings. The van der Waals surface area contributed by atoms with Gasteiger partial charge in [0.05, 0.1) is 29.8 Å². The number of carbonyl (C=O) groups is 1. The predicted molar refractivity (Wildman–Crippen MR) is 165 cm³/mol. The first kappa shape index (κ1) is 32.1. The molecule has 0 aliphatic heterocycles. The molecule has 0 atom stereocenters. The zero-order chi connectivity index (χ0) is 31.7. The molecule has 0 saturated heterocycles. The van der Waals surface area contributed by atoms with Crippen LogP contribution in [0.5, 0.6) is 11.5 Å². The Labute approximate surface area is 258 Å². The highest BCUT2D eigenvalue weighted by atomic mass is 35.5. The third-order valence-electron chi connectivity index (χ3n) is 6.20. The van der Waals surface area contributed by atoms with Crippen molar-refractivity contribution in [2.75, 3.05) is 25.8 Å². The maximum atomic E-state index is 14.1. The van der Waals surface area contributed by atoms with Crippen molar-refractivity contribution >= 4 is 55.9 Å². The Hall–Kier alpha value is -3.87. The van der Waals surface area contributed by atoms with Crippen LogP contribution in [-0.2, 0) is 27.5 Å². The van der Waals surface area contributed by atoms with E-state index >= 15 is 0 Å². The van der Waals surface area contributed by atoms with Crippen molar-refractivity contribution in [2.24, 2.45) is 0 Å². The van der Waals surface area contributed by atoms with Gasteiger partial charge in [0.25, 0.3) is 5.56 Å². The van der Waals surface area contributed by atoms with Crippen LogP contribution in [0.1, 0.15) is 26.3 Å². The number of aryl methyl sites for hydroxylation is 2. The van der Waals surface area contributed by atoms with Crippen molar-refractivity contribution in [1.29, 1.82) is 0 Å². The van der Waals surface area contributed by atoms with Gasteiger partial charge in [-0.1, -0.05) is 35.3 Å². The molecular weight excluding hydrogens is 619 g/mol. The second kappa shape index (κ2) is 12.4. The number of sulfone groups is 1. The van der Waals surface area contributed by atoms with Crippen LogP contribution in [0.3, 0.4) is 0 Å². The molecule has 0 spiro atoms. The summed E-state index contributed by atoms with van der Waals surface area (Å²) < 4.78 is 41.9. The van der Waals surface area contributed by atoms with Crippen LogP contribution in [0.15, 0.2) is 52.5 Å². The number of rotatable bonds is 8. The third-order valence-corrected chi connectivity index (χ3v) is 7.81. The van der Waals surface area contributed by atoms with Gasteiger partial charge in [0, 0.05) is 41.7 Å². The van der Waals surface area contributed by atoms with Gasteiger partial charge in [0.1, 0.15) is 22.7 Å². The normalized spacial score (nSPS) is 11.8. The number of nitrogens with zero attached hydrogens (tertiary/aromatic N) is 3. The first-order valence-corrected chi connectivity index (χ1v) is 15.6. The fourth-order valence-corrected chi connectivity index (χ4v) is 5.45. The highest BCUT2D eigenvalue weighted by molar-refractivity contribution is 7.90. The number of halogens is 2. The maximum absolute atomic E-state index is 14.1. The van der Waals surface area contributed by atoms with E-state index in [1.807, 2.05) is 0 Å². The number of anilines is 1. The highest BCUT2D eigenvalue weighted by Gasteiger charge is 2.24. The molecule has 228 valence electrons. The number of nitrogens with one attached hydrogen (secondary N) is 1. The number of methoxy groups -OCH3 is 2. The molecule has 2 aromatic carbocycles. The van der Waals surface area contributed by atoms with E-state index in [-0.39, 0.29) is 44.9 Å². The monoisotopic (exact) mass is 648 g/mol. The summed E-state index contributed by atoms with van der Waals surface area (Å²) in [6.45, 7) is 5.42. The number of hydrogen-bond donors (Lipinski definition) is 1. The molecule has 0 radical (unpaired) electrons. The van der Waals surface area contributed by atoms with Crippen molar-refractivity contribution in [2.45, 2.75) is 44.5 Å². The highest BCUT2D eigenvalue weighted by Crippen LogP contribution is 2.45. The van der Waals surface area contributed by atoms with Crippen LogP contribution < -0.4 is 20.3 Å². The quantitative estimate of drug-likeness (QED) is 0.236. The van der Waals surface area contributed by atoms with E-state index in [1.54, 1.807) is 45.0 Å². The molecule has 4 rings (SSSR count). The van der Waals surface area contributed by atoms with Crippen molar-refractivity contribution < 1.29 is 27.4 Å². The number of aromatic nitrogens is 3. The summed E-state index contributed by atoms with van der Waals surface area (Å²) in [4.78, 5) is 34.4. The minimum Gasteiger partial charge on any atom is -0.495 e. The van der Waals surface area contributed by atoms with E-state index in [2.05, 4.69) is 15.3 Å². The van der Waals surface area contributed by atoms with E-state index < -0.39 is 32.2 Å². The van der Waals surface area contributed by atoms with Gasteiger partial charge in [0.15, 0.2) is 0 Å². The largest absolute Gasteiger partial charge is 0.495 e. The predicted octanol–water partition coefficient (Wildman–Crippen LogP) is 5.78. The maximum Gasteiger partial charge on any atom is 0.412 e. The second-order valence-corrected chi connectivity index (χ2v) is 13.2. The number of pyridine rings is 1. The van der Waals surface area contributed by atoms with Gasteiger partial charge in [-0.15, -0.1) is 0 Å². The minimum atomic E-state index is -3.77. The van der Waals surface area contributed by atoms with Gasteiger partial charge in [0.2, 0.25) is 15.0 Å². The number of carbonyl (C=O) groups excluding carboxylic acids is 1. The number of benzene rings is 2. The fraction of sp³-hybridized carbons (Fsp3) is 0.310. The smallest absolute Gasteiger partial charge is 0.412 e. The van der Waals surface area contributed by atoms with Gasteiger partial charge < -0.3 is 14.2 Å². The van der Waals surface area contributed by atoms with E-state index in [1.165, 1.54) is 37.1 Å². The molecule has 0 bridgehead atoms. The zero-order valence-electron chi connectivity index (χ0n) is 24.3. The molecule has 0 fully saturated rings. The Bertz CT molecular complexity index is 1840. The van der Waals surface area contributed by atoms with Crippen molar-refractivity contribution in [3.63, 3.8) is 0 Å². The molecule has 1 N–H and O–H groups in total. The molecule has 0 saturated carbocycles. The summed E-state index contributed by atoms with van der Waals surface area (Å²) in [5, 5.41) is 2.83. The molecule has 14 heteroatoms. The molecule has 0 aliphatic rings. The van der Waals surface area contributed by atoms with E-state index in [0.717, 1.165) is 11.8 Å². The summed E-state index contributed by atoms with van der Waals surface area (Å²) in [5.74, 6) is 0.487. The van der Waals surface area contributed by atoms with Gasteiger partial charge in [-0.25, -0.2) is 18.2 Å². The van der Waals surface area contributed by atoms with Crippen molar-refractivity contribution in [3.8, 4) is 22.6 Å². The van der Waals surface area contributed by atoms with Gasteiger partial charge in [-0.05, 0) is 51.0 Å². The molecular formula is C29H30Cl2N4O7S. The molecule has 2 aromatic heterocycles. The summed E-state index contributed by atoms with van der Waals surface area (Å²) in [6, 6.07) is 10.0. The van der Waals surface area contributed by atoms with Gasteiger partial charge >= 0.3 is 6.09 Å². The molecule has 1 amide bonds. The third kappa shape index (κ3) is 7.20. The Morgan fingerprint density at radius 3 is 2.16 bits per heavy atom. The molecule has 2 heterocycles. The molecule has 0 aliphatic carbocycles. The van der Waals surface area contributed by atoms with Crippen LogP contribution >= 0.6 is 23.2 Å². The Morgan fingerprint density at radius 2 is 1.63 bits per heavy atom. The van der Waals surface area contributed by atoms with Gasteiger partial charge in [-0.2, -0.15) is 4.98 Å². The molecule has 11 nitrogen and oxygen atoms in total. The number of amides is 1. The summed E-state index contributed by atoms with van der Waals surface area (Å²) in [5.41, 5.74) is 0.625. The average Bonchev–Trinajstić information content (AvgIpc) is 2.92. The lowest BCUT2D eigenvalue weighted by Gasteiger charge is -2.19. The van der Waals surface area contributed by atoms with Crippen LogP contribution in [0.25, 0.3) is 22.2 Å². The van der Waals surface area contributed by atoms with E-state index in [9.17, 15) is 18.0 Å². The first-order valence-electron chi connectivity index (χ1n) is 12.9. The van der Waals surface area contributed by atoms with Crippen LogP contribution in [0.4, 0.5) is 10.5 Å². The minimum absolute atomic E-state index is 0.0954. The van der Waals surface area contributed by atoms with Crippen LogP contribution in [-0.4, -0.2) is 55.1 Å². The van der Waals surface area contributed by atoms with Crippen LogP contribution in [0.2, 0.25) is 10.0 Å². The summed E-state index contributed by atoms with van der Waals surface area (Å²) in [6.07, 6.45) is 2.09. The first-order chi connectivity index (χ1) is 20.1. The Morgan fingerprint density at radius 1 is 1.02 bits per heavy atom. The average molecular weight is 650 g/mol. The Kier molecular flexibility index (Phi) is 9.24. The number of ether oxygens (including phenoxy) is 3. The molecule has 43 heavy (non-hydrogen) atoms. The van der Waals surface area contributed by atoms with Crippen molar-refractivity contribution in [3.05, 3.63) is 68.6 Å². The lowest BCUT2D eigenvalue weighted by atomic mass is 10.0. The lowest BCUT2D eigenvalue weighted by molar-refractivity contribution is 0.0636. The van der Waals surface area contributed by atoms with E-state index in [4.69, 9.17) is 37.4 Å². The summed E-state index contributed by atoms with van der Waals surface area (Å²) in [7, 11) is -0.924. The second-order valence-electron chi connectivity index (χ2n) is 10.6. The Balaban J connectivity index is 1.79. The zero-order valence-corrected chi connectivity index (χ0v) is 26.6. The lowest BCUT2D eigenvalue weighted by Crippen LogP contribution is -2.27. The van der Waals surface area contributed by atoms with Gasteiger partial charge in [-0.3, -0.25) is 14.7 Å². The number of fused-ring (bicyclic) bond motifs is 1. The van der Waals surface area contributed by atoms with Crippen LogP contribution in [0, 0.1) is 0 Å².